The predicted molar refractivity (Wildman–Crippen MR) is 66.8 cm³/mol. The summed E-state index contributed by atoms with van der Waals surface area (Å²) in [4.78, 5) is 10.8. The van der Waals surface area contributed by atoms with E-state index < -0.39 is 0 Å². The molecule has 3 fully saturated rings. The molecule has 4 atom stereocenters. The van der Waals surface area contributed by atoms with Crippen LogP contribution in [0.5, 0.6) is 0 Å². The highest BCUT2D eigenvalue weighted by Crippen LogP contribution is 2.55. The molecule has 2 heterocycles. The molecule has 18 heavy (non-hydrogen) atoms. The molecule has 4 unspecified atom stereocenters. The van der Waals surface area contributed by atoms with Crippen molar-refractivity contribution in [2.75, 3.05) is 18.0 Å². The summed E-state index contributed by atoms with van der Waals surface area (Å²) in [6.45, 7) is 2.24. The van der Waals surface area contributed by atoms with Crippen molar-refractivity contribution in [3.63, 3.8) is 0 Å². The van der Waals surface area contributed by atoms with E-state index in [0.717, 1.165) is 42.6 Å². The number of hydrogen-bond donors (Lipinski definition) is 0. The van der Waals surface area contributed by atoms with Gasteiger partial charge in [0.15, 0.2) is 5.69 Å². The van der Waals surface area contributed by atoms with Gasteiger partial charge in [0, 0.05) is 13.1 Å². The van der Waals surface area contributed by atoms with Gasteiger partial charge in [-0.2, -0.15) is 5.26 Å². The third kappa shape index (κ3) is 1.37. The smallest absolute Gasteiger partial charge is 0.161 e. The van der Waals surface area contributed by atoms with Gasteiger partial charge in [0.2, 0.25) is 0 Å². The Morgan fingerprint density at radius 2 is 1.89 bits per heavy atom. The topological polar surface area (TPSA) is 52.8 Å². The molecule has 0 N–H and O–H groups in total. The van der Waals surface area contributed by atoms with Gasteiger partial charge in [-0.15, -0.1) is 0 Å². The van der Waals surface area contributed by atoms with Crippen LogP contribution in [0.25, 0.3) is 0 Å². The molecule has 1 aromatic heterocycles. The Labute approximate surface area is 107 Å². The van der Waals surface area contributed by atoms with E-state index in [1.807, 2.05) is 0 Å². The van der Waals surface area contributed by atoms with E-state index in [-0.39, 0.29) is 0 Å². The Bertz CT molecular complexity index is 503. The normalized spacial score (nSPS) is 36.7. The van der Waals surface area contributed by atoms with Crippen molar-refractivity contribution in [2.24, 2.45) is 23.7 Å². The average Bonchev–Trinajstić information content (AvgIpc) is 3.10. The minimum Gasteiger partial charge on any atom is -0.355 e. The van der Waals surface area contributed by atoms with Crippen molar-refractivity contribution in [2.45, 2.75) is 19.3 Å². The Morgan fingerprint density at radius 3 is 2.56 bits per heavy atom. The van der Waals surface area contributed by atoms with Gasteiger partial charge < -0.3 is 4.90 Å². The van der Waals surface area contributed by atoms with Gasteiger partial charge in [0.1, 0.15) is 11.9 Å². The van der Waals surface area contributed by atoms with Crippen LogP contribution in [0.4, 0.5) is 5.82 Å². The lowest BCUT2D eigenvalue weighted by molar-refractivity contribution is 0.281. The van der Waals surface area contributed by atoms with Crippen LogP contribution in [-0.4, -0.2) is 23.1 Å². The van der Waals surface area contributed by atoms with Crippen LogP contribution in [0.3, 0.4) is 0 Å². The van der Waals surface area contributed by atoms with Crippen LogP contribution in [0, 0.1) is 35.0 Å². The number of nitrogens with zero attached hydrogens (tertiary/aromatic N) is 4. The molecule has 0 spiro atoms. The van der Waals surface area contributed by atoms with Crippen LogP contribution >= 0.6 is 0 Å². The Hall–Kier alpha value is -1.63. The first-order valence-electron chi connectivity index (χ1n) is 6.82. The standard InChI is InChI=1S/C14H16N4/c15-4-11-5-16-6-14(17-11)18-7-12-9-1-2-10(3-9)13(12)8-18/h5-6,9-10,12-13H,1-3,7-8H2. The largest absolute Gasteiger partial charge is 0.355 e. The van der Waals surface area contributed by atoms with Crippen LogP contribution in [0.15, 0.2) is 12.4 Å². The summed E-state index contributed by atoms with van der Waals surface area (Å²) >= 11 is 0. The lowest BCUT2D eigenvalue weighted by atomic mass is 9.82. The van der Waals surface area contributed by atoms with Gasteiger partial charge in [-0.05, 0) is 42.9 Å². The molecule has 1 saturated heterocycles. The molecular formula is C14H16N4. The highest BCUT2D eigenvalue weighted by atomic mass is 15.2. The summed E-state index contributed by atoms with van der Waals surface area (Å²) in [5.74, 6) is 4.55. The minimum atomic E-state index is 0.424. The third-order valence-electron chi connectivity index (χ3n) is 5.20. The molecule has 2 aliphatic carbocycles. The van der Waals surface area contributed by atoms with Crippen molar-refractivity contribution in [3.05, 3.63) is 18.1 Å². The summed E-state index contributed by atoms with van der Waals surface area (Å²) in [5, 5.41) is 8.89. The van der Waals surface area contributed by atoms with Crippen molar-refractivity contribution >= 4 is 5.82 Å². The molecule has 1 aromatic rings. The fraction of sp³-hybridized carbons (Fsp3) is 0.643. The van der Waals surface area contributed by atoms with Crippen LogP contribution in [-0.2, 0) is 0 Å². The maximum Gasteiger partial charge on any atom is 0.161 e. The Morgan fingerprint density at radius 1 is 1.17 bits per heavy atom. The van der Waals surface area contributed by atoms with Crippen molar-refractivity contribution in [1.82, 2.24) is 9.97 Å². The molecule has 4 heteroatoms. The predicted octanol–water partition coefficient (Wildman–Crippen LogP) is 1.83. The van der Waals surface area contributed by atoms with E-state index in [4.69, 9.17) is 5.26 Å². The second-order valence-electron chi connectivity index (χ2n) is 5.94. The van der Waals surface area contributed by atoms with E-state index >= 15 is 0 Å². The summed E-state index contributed by atoms with van der Waals surface area (Å²) in [5.41, 5.74) is 0.424. The first-order valence-corrected chi connectivity index (χ1v) is 6.82. The molecule has 4 rings (SSSR count). The molecule has 92 valence electrons. The van der Waals surface area contributed by atoms with Crippen molar-refractivity contribution < 1.29 is 0 Å². The second-order valence-corrected chi connectivity index (χ2v) is 5.94. The molecule has 0 amide bonds. The van der Waals surface area contributed by atoms with Crippen molar-refractivity contribution in [3.8, 4) is 6.07 Å². The quantitative estimate of drug-likeness (QED) is 0.751. The molecule has 2 bridgehead atoms. The molecule has 0 aromatic carbocycles. The first-order chi connectivity index (χ1) is 8.85. The van der Waals surface area contributed by atoms with E-state index in [0.29, 0.717) is 5.69 Å². The summed E-state index contributed by atoms with van der Waals surface area (Å²) in [7, 11) is 0. The lowest BCUT2D eigenvalue weighted by Crippen LogP contribution is -2.23. The monoisotopic (exact) mass is 240 g/mol. The van der Waals surface area contributed by atoms with E-state index in [1.165, 1.54) is 25.5 Å². The molecular weight excluding hydrogens is 224 g/mol. The Kier molecular flexibility index (Phi) is 2.11. The maximum atomic E-state index is 8.89. The summed E-state index contributed by atoms with van der Waals surface area (Å²) in [6.07, 6.45) is 7.66. The zero-order valence-corrected chi connectivity index (χ0v) is 10.3. The molecule has 3 aliphatic rings. The lowest BCUT2D eigenvalue weighted by Gasteiger charge is -2.22. The van der Waals surface area contributed by atoms with E-state index in [2.05, 4.69) is 20.9 Å². The van der Waals surface area contributed by atoms with Gasteiger partial charge in [-0.3, -0.25) is 4.98 Å². The van der Waals surface area contributed by atoms with Gasteiger partial charge in [0.05, 0.1) is 12.4 Å². The number of nitriles is 1. The third-order valence-corrected chi connectivity index (χ3v) is 5.20. The number of anilines is 1. The fourth-order valence-electron chi connectivity index (χ4n) is 4.43. The molecule has 4 nitrogen and oxygen atoms in total. The van der Waals surface area contributed by atoms with E-state index in [9.17, 15) is 0 Å². The van der Waals surface area contributed by atoms with E-state index in [1.54, 1.807) is 6.20 Å². The van der Waals surface area contributed by atoms with Crippen LogP contribution in [0.2, 0.25) is 0 Å². The highest BCUT2D eigenvalue weighted by molar-refractivity contribution is 5.40. The number of rotatable bonds is 1. The van der Waals surface area contributed by atoms with Gasteiger partial charge in [0.25, 0.3) is 0 Å². The summed E-state index contributed by atoms with van der Waals surface area (Å²) < 4.78 is 0. The second kappa shape index (κ2) is 3.68. The van der Waals surface area contributed by atoms with Crippen LogP contribution in [0.1, 0.15) is 25.0 Å². The molecule has 0 radical (unpaired) electrons. The molecule has 1 aliphatic heterocycles. The number of hydrogen-bond acceptors (Lipinski definition) is 4. The highest BCUT2D eigenvalue weighted by Gasteiger charge is 2.51. The maximum absolute atomic E-state index is 8.89. The number of fused-ring (bicyclic) bond motifs is 5. The average molecular weight is 240 g/mol. The SMILES string of the molecule is N#Cc1cncc(N2CC3C4CCC(C4)C3C2)n1. The zero-order valence-electron chi connectivity index (χ0n) is 10.3. The van der Waals surface area contributed by atoms with Crippen LogP contribution < -0.4 is 4.90 Å². The van der Waals surface area contributed by atoms with Gasteiger partial charge in [-0.1, -0.05) is 0 Å². The van der Waals surface area contributed by atoms with Crippen molar-refractivity contribution in [1.29, 1.82) is 5.26 Å². The Balaban J connectivity index is 1.59. The first kappa shape index (κ1) is 10.3. The van der Waals surface area contributed by atoms with Gasteiger partial charge >= 0.3 is 0 Å². The molecule has 2 saturated carbocycles. The summed E-state index contributed by atoms with van der Waals surface area (Å²) in [6, 6.07) is 2.07. The zero-order chi connectivity index (χ0) is 12.1. The number of aromatic nitrogens is 2. The fourth-order valence-corrected chi connectivity index (χ4v) is 4.43. The minimum absolute atomic E-state index is 0.424. The van der Waals surface area contributed by atoms with Gasteiger partial charge in [-0.25, -0.2) is 4.98 Å².